The van der Waals surface area contributed by atoms with Gasteiger partial charge in [0.05, 0.1) is 0 Å². The third-order valence-corrected chi connectivity index (χ3v) is 2.09. The number of nitrogens with one attached hydrogen (secondary N) is 1. The molecule has 1 amide bonds. The van der Waals surface area contributed by atoms with Crippen LogP contribution in [0.25, 0.3) is 0 Å². The Balaban J connectivity index is 2.60. The maximum atomic E-state index is 11.4. The van der Waals surface area contributed by atoms with Gasteiger partial charge in [-0.3, -0.25) is 4.79 Å². The van der Waals surface area contributed by atoms with Crippen molar-refractivity contribution in [3.05, 3.63) is 23.8 Å². The molecule has 0 unspecified atom stereocenters. The Morgan fingerprint density at radius 1 is 1.39 bits per heavy atom. The van der Waals surface area contributed by atoms with Crippen molar-refractivity contribution in [3.8, 4) is 5.75 Å². The van der Waals surface area contributed by atoms with Crippen LogP contribution in [0, 0.1) is 0 Å². The number of carbonyl (C=O) groups excluding carboxylic acids is 1. The fraction of sp³-hybridized carbons (Fsp3) is 0.333. The topological polar surface area (TPSA) is 95.9 Å². The summed E-state index contributed by atoms with van der Waals surface area (Å²) in [7, 11) is 0. The molecular weight excluding hydrogens is 238 g/mol. The van der Waals surface area contributed by atoms with Gasteiger partial charge in [-0.15, -0.1) is 0 Å². The molecule has 18 heavy (non-hydrogen) atoms. The van der Waals surface area contributed by atoms with E-state index in [0.717, 1.165) is 6.42 Å². The zero-order valence-corrected chi connectivity index (χ0v) is 9.97. The maximum Gasteiger partial charge on any atom is 0.339 e. The van der Waals surface area contributed by atoms with Gasteiger partial charge in [-0.25, -0.2) is 4.79 Å². The molecule has 0 saturated heterocycles. The molecule has 1 rings (SSSR count). The standard InChI is InChI=1S/C12H15NO5/c1-2-5-18-7-11(15)13-8-3-4-9(12(16)17)10(14)6-8/h3-4,6,14H,2,5,7H2,1H3,(H,13,15)(H,16,17). The minimum atomic E-state index is -1.23. The van der Waals surface area contributed by atoms with Crippen LogP contribution >= 0.6 is 0 Å². The number of carbonyl (C=O) groups is 2. The first-order chi connectivity index (χ1) is 8.54. The molecule has 0 fully saturated rings. The summed E-state index contributed by atoms with van der Waals surface area (Å²) in [5.41, 5.74) is 0.109. The summed E-state index contributed by atoms with van der Waals surface area (Å²) in [6.45, 7) is 2.35. The van der Waals surface area contributed by atoms with E-state index < -0.39 is 11.7 Å². The van der Waals surface area contributed by atoms with Gasteiger partial charge >= 0.3 is 5.97 Å². The van der Waals surface area contributed by atoms with Gasteiger partial charge in [0, 0.05) is 18.4 Å². The summed E-state index contributed by atoms with van der Waals surface area (Å²) in [6.07, 6.45) is 0.821. The van der Waals surface area contributed by atoms with Gasteiger partial charge in [-0.05, 0) is 18.6 Å². The number of hydrogen-bond donors (Lipinski definition) is 3. The summed E-state index contributed by atoms with van der Waals surface area (Å²) >= 11 is 0. The second-order valence-corrected chi connectivity index (χ2v) is 3.64. The van der Waals surface area contributed by atoms with Gasteiger partial charge in [0.1, 0.15) is 17.9 Å². The van der Waals surface area contributed by atoms with Crippen molar-refractivity contribution in [2.24, 2.45) is 0 Å². The van der Waals surface area contributed by atoms with E-state index in [1.165, 1.54) is 18.2 Å². The molecule has 6 nitrogen and oxygen atoms in total. The summed E-state index contributed by atoms with van der Waals surface area (Å²) in [5, 5.41) is 20.6. The molecular formula is C12H15NO5. The second kappa shape index (κ2) is 6.61. The van der Waals surface area contributed by atoms with Crippen molar-refractivity contribution in [1.82, 2.24) is 0 Å². The van der Waals surface area contributed by atoms with E-state index in [4.69, 9.17) is 9.84 Å². The molecule has 3 N–H and O–H groups in total. The van der Waals surface area contributed by atoms with E-state index in [1.807, 2.05) is 6.92 Å². The second-order valence-electron chi connectivity index (χ2n) is 3.64. The lowest BCUT2D eigenvalue weighted by atomic mass is 10.2. The number of aromatic carboxylic acids is 1. The number of carboxylic acids is 1. The normalized spacial score (nSPS) is 10.1. The molecule has 0 saturated carbocycles. The zero-order chi connectivity index (χ0) is 13.5. The van der Waals surface area contributed by atoms with E-state index in [9.17, 15) is 14.7 Å². The Bertz CT molecular complexity index is 444. The highest BCUT2D eigenvalue weighted by atomic mass is 16.5. The molecule has 0 aromatic heterocycles. The first kappa shape index (κ1) is 14.0. The molecule has 6 heteroatoms. The Labute approximate surface area is 104 Å². The third kappa shape index (κ3) is 4.06. The van der Waals surface area contributed by atoms with Crippen molar-refractivity contribution in [2.75, 3.05) is 18.5 Å². The van der Waals surface area contributed by atoms with Crippen LogP contribution in [-0.2, 0) is 9.53 Å². The Morgan fingerprint density at radius 2 is 2.11 bits per heavy atom. The lowest BCUT2D eigenvalue weighted by Crippen LogP contribution is -2.18. The third-order valence-electron chi connectivity index (χ3n) is 2.09. The number of aromatic hydroxyl groups is 1. The quantitative estimate of drug-likeness (QED) is 0.667. The molecule has 0 aliphatic carbocycles. The highest BCUT2D eigenvalue weighted by Gasteiger charge is 2.10. The first-order valence-electron chi connectivity index (χ1n) is 5.48. The average Bonchev–Trinajstić information content (AvgIpc) is 2.28. The van der Waals surface area contributed by atoms with Crippen molar-refractivity contribution in [2.45, 2.75) is 13.3 Å². The van der Waals surface area contributed by atoms with Gasteiger partial charge in [0.25, 0.3) is 0 Å². The highest BCUT2D eigenvalue weighted by molar-refractivity contribution is 5.94. The molecule has 0 atom stereocenters. The van der Waals surface area contributed by atoms with Crippen molar-refractivity contribution in [1.29, 1.82) is 0 Å². The minimum absolute atomic E-state index is 0.0741. The summed E-state index contributed by atoms with van der Waals surface area (Å²) in [4.78, 5) is 22.0. The predicted octanol–water partition coefficient (Wildman–Crippen LogP) is 1.46. The number of ether oxygens (including phenoxy) is 1. The number of benzene rings is 1. The van der Waals surface area contributed by atoms with Crippen LogP contribution in [0.1, 0.15) is 23.7 Å². The number of phenols is 1. The minimum Gasteiger partial charge on any atom is -0.507 e. The van der Waals surface area contributed by atoms with Crippen LogP contribution in [0.5, 0.6) is 5.75 Å². The number of amides is 1. The lowest BCUT2D eigenvalue weighted by molar-refractivity contribution is -0.120. The van der Waals surface area contributed by atoms with Crippen LogP contribution in [-0.4, -0.2) is 35.3 Å². The van der Waals surface area contributed by atoms with E-state index in [0.29, 0.717) is 12.3 Å². The molecule has 0 aliphatic heterocycles. The molecule has 1 aromatic carbocycles. The fourth-order valence-corrected chi connectivity index (χ4v) is 1.30. The van der Waals surface area contributed by atoms with Crippen LogP contribution in [0.2, 0.25) is 0 Å². The highest BCUT2D eigenvalue weighted by Crippen LogP contribution is 2.21. The molecule has 98 valence electrons. The van der Waals surface area contributed by atoms with Crippen LogP contribution < -0.4 is 5.32 Å². The largest absolute Gasteiger partial charge is 0.507 e. The molecule has 0 heterocycles. The summed E-state index contributed by atoms with van der Waals surface area (Å²) in [5.74, 6) is -1.97. The molecule has 0 aliphatic rings. The number of anilines is 1. The van der Waals surface area contributed by atoms with Gasteiger partial charge in [0.15, 0.2) is 0 Å². The van der Waals surface area contributed by atoms with Crippen LogP contribution in [0.15, 0.2) is 18.2 Å². The van der Waals surface area contributed by atoms with E-state index in [2.05, 4.69) is 5.32 Å². The SMILES string of the molecule is CCCOCC(=O)Nc1ccc(C(=O)O)c(O)c1. The molecule has 0 bridgehead atoms. The van der Waals surface area contributed by atoms with E-state index in [1.54, 1.807) is 0 Å². The molecule has 1 aromatic rings. The smallest absolute Gasteiger partial charge is 0.339 e. The van der Waals surface area contributed by atoms with Crippen LogP contribution in [0.3, 0.4) is 0 Å². The van der Waals surface area contributed by atoms with Gasteiger partial charge < -0.3 is 20.3 Å². The van der Waals surface area contributed by atoms with E-state index in [-0.39, 0.29) is 18.1 Å². The predicted molar refractivity (Wildman–Crippen MR) is 64.8 cm³/mol. The Hall–Kier alpha value is -2.08. The molecule has 0 radical (unpaired) electrons. The lowest BCUT2D eigenvalue weighted by Gasteiger charge is -2.07. The summed E-state index contributed by atoms with van der Waals surface area (Å²) in [6, 6.07) is 3.81. The Morgan fingerprint density at radius 3 is 2.67 bits per heavy atom. The summed E-state index contributed by atoms with van der Waals surface area (Å²) < 4.78 is 5.04. The average molecular weight is 253 g/mol. The number of hydrogen-bond acceptors (Lipinski definition) is 4. The Kier molecular flexibility index (Phi) is 5.13. The monoisotopic (exact) mass is 253 g/mol. The van der Waals surface area contributed by atoms with Crippen LogP contribution in [0.4, 0.5) is 5.69 Å². The number of rotatable bonds is 6. The molecule has 0 spiro atoms. The fourth-order valence-electron chi connectivity index (χ4n) is 1.30. The van der Waals surface area contributed by atoms with Gasteiger partial charge in [-0.2, -0.15) is 0 Å². The maximum absolute atomic E-state index is 11.4. The van der Waals surface area contributed by atoms with E-state index >= 15 is 0 Å². The van der Waals surface area contributed by atoms with Gasteiger partial charge in [0.2, 0.25) is 5.91 Å². The zero-order valence-electron chi connectivity index (χ0n) is 9.97. The van der Waals surface area contributed by atoms with Crippen molar-refractivity contribution in [3.63, 3.8) is 0 Å². The van der Waals surface area contributed by atoms with Gasteiger partial charge in [-0.1, -0.05) is 6.92 Å². The first-order valence-corrected chi connectivity index (χ1v) is 5.48. The number of carboxylic acid groups (broad SMARTS) is 1. The van der Waals surface area contributed by atoms with Crippen molar-refractivity contribution >= 4 is 17.6 Å². The van der Waals surface area contributed by atoms with Crippen molar-refractivity contribution < 1.29 is 24.5 Å².